The topological polar surface area (TPSA) is 44.8 Å². The van der Waals surface area contributed by atoms with Crippen LogP contribution in [0.2, 0.25) is 4.82 Å². The molecule has 1 fully saturated rings. The van der Waals surface area contributed by atoms with Crippen molar-refractivity contribution >= 4 is 25.2 Å². The van der Waals surface area contributed by atoms with Crippen molar-refractivity contribution in [1.82, 2.24) is 0 Å². The summed E-state index contributed by atoms with van der Waals surface area (Å²) in [6, 6.07) is 25.1. The van der Waals surface area contributed by atoms with Crippen LogP contribution in [0.3, 0.4) is 0 Å². The Kier molecular flexibility index (Phi) is 6.89. The normalized spacial score (nSPS) is 27.7. The average Bonchev–Trinajstić information content (AvgIpc) is 3.65. The molecule has 0 amide bonds. The second-order valence-corrected chi connectivity index (χ2v) is 13.9. The van der Waals surface area contributed by atoms with Crippen LogP contribution in [0.5, 0.6) is 17.2 Å². The van der Waals surface area contributed by atoms with Crippen LogP contribution in [0.1, 0.15) is 29.0 Å². The van der Waals surface area contributed by atoms with Gasteiger partial charge in [0, 0.05) is 0 Å². The van der Waals surface area contributed by atoms with Gasteiger partial charge < -0.3 is 0 Å². The molecule has 5 heteroatoms. The number of carbonyl (C=O) groups is 1. The summed E-state index contributed by atoms with van der Waals surface area (Å²) in [6.07, 6.45) is 10.2. The average molecular weight is 610 g/mol. The fourth-order valence-corrected chi connectivity index (χ4v) is 11.4. The van der Waals surface area contributed by atoms with E-state index in [1.54, 1.807) is 21.3 Å². The molecule has 6 unspecified atom stereocenters. The van der Waals surface area contributed by atoms with Gasteiger partial charge in [0.25, 0.3) is 0 Å². The zero-order valence-electron chi connectivity index (χ0n) is 23.5. The maximum absolute atomic E-state index is 14.2. The first-order valence-electron chi connectivity index (χ1n) is 14.3. The first-order valence-corrected chi connectivity index (χ1v) is 16.2. The summed E-state index contributed by atoms with van der Waals surface area (Å²) in [6.45, 7) is 0. The van der Waals surface area contributed by atoms with Gasteiger partial charge in [0.2, 0.25) is 0 Å². The van der Waals surface area contributed by atoms with E-state index in [-0.39, 0.29) is 23.5 Å². The first kappa shape index (κ1) is 26.4. The second-order valence-electron chi connectivity index (χ2n) is 11.4. The number of fused-ring (bicyclic) bond motifs is 7. The zero-order chi connectivity index (χ0) is 28.1. The fraction of sp³-hybridized carbons (Fsp3) is 0.306. The quantitative estimate of drug-likeness (QED) is 0.215. The molecule has 0 spiro atoms. The molecular weight excluding hydrogens is 575 g/mol. The van der Waals surface area contributed by atoms with Crippen molar-refractivity contribution in [3.05, 3.63) is 119 Å². The standard InChI is InChI=1S/C36H34O4Se/c1-38-26-12-6-21(7-13-26)31(22-8-14-27(39-2)15-9-22)34-30(37)19-18-29-33(34)32-24-4-5-25(20-24)36(32)41-35(29)23-10-16-28(40-3)17-11-23/h4-19,24-25,31-34,36H,20H2,1-3H3. The van der Waals surface area contributed by atoms with E-state index >= 15 is 0 Å². The molecule has 4 aliphatic rings. The minimum absolute atomic E-state index is 0.0873. The number of carbonyl (C=O) groups excluding carboxylic acids is 1. The number of allylic oxidation sites excluding steroid dienone is 5. The van der Waals surface area contributed by atoms with E-state index in [2.05, 4.69) is 66.8 Å². The van der Waals surface area contributed by atoms with Gasteiger partial charge in [0.15, 0.2) is 0 Å². The number of ketones is 1. The Balaban J connectivity index is 1.41. The third kappa shape index (κ3) is 4.47. The van der Waals surface area contributed by atoms with Crippen molar-refractivity contribution in [2.45, 2.75) is 17.2 Å². The summed E-state index contributed by atoms with van der Waals surface area (Å²) in [5, 5.41) is 0. The third-order valence-corrected chi connectivity index (χ3v) is 13.0. The van der Waals surface area contributed by atoms with Gasteiger partial charge in [-0.1, -0.05) is 0 Å². The molecule has 0 N–H and O–H groups in total. The van der Waals surface area contributed by atoms with Crippen molar-refractivity contribution in [3.8, 4) is 17.2 Å². The maximum atomic E-state index is 14.2. The molecule has 41 heavy (non-hydrogen) atoms. The molecule has 1 saturated carbocycles. The molecule has 3 aliphatic carbocycles. The number of hydrogen-bond acceptors (Lipinski definition) is 4. The number of benzene rings is 3. The number of ether oxygens (including phenoxy) is 3. The van der Waals surface area contributed by atoms with Gasteiger partial charge >= 0.3 is 249 Å². The van der Waals surface area contributed by atoms with Crippen LogP contribution >= 0.6 is 0 Å². The molecule has 3 aromatic rings. The van der Waals surface area contributed by atoms with Gasteiger partial charge in [-0.2, -0.15) is 0 Å². The number of rotatable bonds is 7. The SMILES string of the molecule is COc1ccc(C2=C3C=CC(=O)C(C(c4ccc(OC)cc4)c4ccc(OC)cc4)C3C3C4C=CC(C4)C3[Se]2)cc1. The van der Waals surface area contributed by atoms with Crippen molar-refractivity contribution in [2.75, 3.05) is 21.3 Å². The van der Waals surface area contributed by atoms with Crippen molar-refractivity contribution < 1.29 is 19.0 Å². The molecule has 0 radical (unpaired) electrons. The van der Waals surface area contributed by atoms with Crippen LogP contribution in [-0.2, 0) is 4.79 Å². The summed E-state index contributed by atoms with van der Waals surface area (Å²) in [4.78, 5) is 14.8. The molecule has 1 heterocycles. The predicted molar refractivity (Wildman–Crippen MR) is 163 cm³/mol. The summed E-state index contributed by atoms with van der Waals surface area (Å²) in [5.74, 6) is 4.24. The predicted octanol–water partition coefficient (Wildman–Crippen LogP) is 6.96. The van der Waals surface area contributed by atoms with E-state index in [0.717, 1.165) is 28.4 Å². The van der Waals surface area contributed by atoms with Crippen LogP contribution in [0.25, 0.3) is 4.47 Å². The van der Waals surface area contributed by atoms with Crippen molar-refractivity contribution in [3.63, 3.8) is 0 Å². The zero-order valence-corrected chi connectivity index (χ0v) is 25.2. The summed E-state index contributed by atoms with van der Waals surface area (Å²) < 4.78 is 17.9. The van der Waals surface area contributed by atoms with E-state index in [1.165, 1.54) is 22.0 Å². The fourth-order valence-electron chi connectivity index (χ4n) is 7.67. The summed E-state index contributed by atoms with van der Waals surface area (Å²) >= 11 is 0.320. The molecule has 7 rings (SSSR count). The summed E-state index contributed by atoms with van der Waals surface area (Å²) in [7, 11) is 5.09. The van der Waals surface area contributed by atoms with Gasteiger partial charge in [-0.3, -0.25) is 0 Å². The van der Waals surface area contributed by atoms with Gasteiger partial charge in [-0.25, -0.2) is 0 Å². The molecule has 1 aliphatic heterocycles. The Bertz CT molecular complexity index is 1490. The molecule has 0 saturated heterocycles. The number of methoxy groups -OCH3 is 3. The molecular formula is C36H34O4Se. The molecule has 208 valence electrons. The molecule has 4 nitrogen and oxygen atoms in total. The van der Waals surface area contributed by atoms with E-state index in [4.69, 9.17) is 14.2 Å². The Morgan fingerprint density at radius 3 is 1.80 bits per heavy atom. The summed E-state index contributed by atoms with van der Waals surface area (Å²) in [5.41, 5.74) is 4.91. The number of hydrogen-bond donors (Lipinski definition) is 0. The molecule has 2 bridgehead atoms. The van der Waals surface area contributed by atoms with Crippen LogP contribution < -0.4 is 14.2 Å². The molecule has 3 aromatic carbocycles. The first-order chi connectivity index (χ1) is 20.1. The Labute approximate surface area is 248 Å². The van der Waals surface area contributed by atoms with Crippen LogP contribution in [0.15, 0.2) is 103 Å². The Hall–Kier alpha value is -3.53. The van der Waals surface area contributed by atoms with Crippen LogP contribution in [-0.4, -0.2) is 42.1 Å². The second kappa shape index (κ2) is 10.7. The minimum atomic E-state index is -0.193. The van der Waals surface area contributed by atoms with E-state index < -0.39 is 0 Å². The van der Waals surface area contributed by atoms with Crippen LogP contribution in [0, 0.1) is 29.6 Å². The van der Waals surface area contributed by atoms with Gasteiger partial charge in [0.1, 0.15) is 0 Å². The van der Waals surface area contributed by atoms with Gasteiger partial charge in [-0.05, 0) is 0 Å². The van der Waals surface area contributed by atoms with E-state index in [0.29, 0.717) is 37.5 Å². The Morgan fingerprint density at radius 2 is 1.24 bits per heavy atom. The van der Waals surface area contributed by atoms with Crippen LogP contribution in [0.4, 0.5) is 0 Å². The molecule has 0 aromatic heterocycles. The van der Waals surface area contributed by atoms with Crippen molar-refractivity contribution in [2.24, 2.45) is 29.6 Å². The Morgan fingerprint density at radius 1 is 0.707 bits per heavy atom. The molecule has 6 atom stereocenters. The monoisotopic (exact) mass is 610 g/mol. The van der Waals surface area contributed by atoms with Gasteiger partial charge in [0.05, 0.1) is 0 Å². The van der Waals surface area contributed by atoms with Gasteiger partial charge in [-0.15, -0.1) is 0 Å². The van der Waals surface area contributed by atoms with Crippen molar-refractivity contribution in [1.29, 1.82) is 0 Å². The van der Waals surface area contributed by atoms with E-state index in [1.807, 2.05) is 30.3 Å². The van der Waals surface area contributed by atoms with E-state index in [9.17, 15) is 4.79 Å². The third-order valence-electron chi connectivity index (χ3n) is 9.54.